The lowest BCUT2D eigenvalue weighted by Gasteiger charge is -2.32. The first-order valence-corrected chi connectivity index (χ1v) is 12.3. The van der Waals surface area contributed by atoms with E-state index in [0.717, 1.165) is 30.8 Å². The summed E-state index contributed by atoms with van der Waals surface area (Å²) in [6.07, 6.45) is -4.78. The summed E-state index contributed by atoms with van der Waals surface area (Å²) in [5, 5.41) is 2.99. The van der Waals surface area contributed by atoms with Crippen LogP contribution < -0.4 is 14.9 Å². The first-order valence-electron chi connectivity index (χ1n) is 10.8. The molecule has 7 nitrogen and oxygen atoms in total. The van der Waals surface area contributed by atoms with Gasteiger partial charge in [0.25, 0.3) is 10.0 Å². The number of anilines is 2. The summed E-state index contributed by atoms with van der Waals surface area (Å²) >= 11 is 0. The molecule has 36 heavy (non-hydrogen) atoms. The molecule has 2 N–H and O–H groups in total. The van der Waals surface area contributed by atoms with Crippen LogP contribution in [-0.2, 0) is 16.2 Å². The van der Waals surface area contributed by atoms with Crippen LogP contribution in [0.3, 0.4) is 0 Å². The van der Waals surface area contributed by atoms with Crippen molar-refractivity contribution in [2.24, 2.45) is 0 Å². The van der Waals surface area contributed by atoms with Gasteiger partial charge in [0.2, 0.25) is 0 Å². The first kappa shape index (κ1) is 27.6. The van der Waals surface area contributed by atoms with E-state index in [1.807, 2.05) is 11.8 Å². The van der Waals surface area contributed by atoms with Crippen LogP contribution in [0.25, 0.3) is 11.3 Å². The van der Waals surface area contributed by atoms with Crippen molar-refractivity contribution in [3.8, 4) is 11.3 Å². The molecule has 0 saturated carbocycles. The van der Waals surface area contributed by atoms with E-state index in [9.17, 15) is 26.0 Å². The molecule has 1 aromatic carbocycles. The van der Waals surface area contributed by atoms with Gasteiger partial charge in [-0.15, -0.1) is 12.4 Å². The summed E-state index contributed by atoms with van der Waals surface area (Å²) < 4.78 is 83.1. The third kappa shape index (κ3) is 6.05. The number of rotatable bonds is 5. The number of alkyl halides is 3. The number of nitrogens with zero attached hydrogens (tertiary/aromatic N) is 3. The molecule has 4 rings (SSSR count). The number of piperazine rings is 1. The molecule has 0 aliphatic carbocycles. The average Bonchev–Trinajstić information content (AvgIpc) is 2.80. The first-order chi connectivity index (χ1) is 16.4. The molecule has 2 aromatic heterocycles. The van der Waals surface area contributed by atoms with E-state index in [-0.39, 0.29) is 34.9 Å². The van der Waals surface area contributed by atoms with Crippen LogP contribution in [0.5, 0.6) is 0 Å². The predicted molar refractivity (Wildman–Crippen MR) is 131 cm³/mol. The lowest BCUT2D eigenvalue weighted by Crippen LogP contribution is -2.49. The van der Waals surface area contributed by atoms with E-state index in [0.29, 0.717) is 24.5 Å². The summed E-state index contributed by atoms with van der Waals surface area (Å²) in [4.78, 5) is 10.1. The Morgan fingerprint density at radius 1 is 1.11 bits per heavy atom. The van der Waals surface area contributed by atoms with Gasteiger partial charge >= 0.3 is 6.18 Å². The molecule has 0 spiro atoms. The molecule has 3 aromatic rings. The fourth-order valence-electron chi connectivity index (χ4n) is 3.86. The Morgan fingerprint density at radius 2 is 1.86 bits per heavy atom. The molecule has 1 fully saturated rings. The molecule has 3 heterocycles. The van der Waals surface area contributed by atoms with Crippen molar-refractivity contribution < 1.29 is 26.0 Å². The Kier molecular flexibility index (Phi) is 8.11. The Hall–Kier alpha value is -2.96. The summed E-state index contributed by atoms with van der Waals surface area (Å²) in [7, 11) is -4.27. The van der Waals surface area contributed by atoms with Crippen LogP contribution in [0.15, 0.2) is 53.6 Å². The third-order valence-corrected chi connectivity index (χ3v) is 6.83. The monoisotopic (exact) mass is 545 g/mol. The summed E-state index contributed by atoms with van der Waals surface area (Å²) in [6.45, 7) is 5.52. The van der Waals surface area contributed by atoms with E-state index in [2.05, 4.69) is 20.0 Å². The molecule has 0 unspecified atom stereocenters. The summed E-state index contributed by atoms with van der Waals surface area (Å²) in [6, 6.07) is 9.75. The molecular weight excluding hydrogens is 522 g/mol. The summed E-state index contributed by atoms with van der Waals surface area (Å²) in [5.41, 5.74) is -1.43. The quantitative estimate of drug-likeness (QED) is 0.455. The number of sulfonamides is 1. The molecule has 1 aliphatic rings. The van der Waals surface area contributed by atoms with Gasteiger partial charge in [-0.2, -0.15) is 21.6 Å². The second-order valence-electron chi connectivity index (χ2n) is 8.29. The standard InChI is InChI=1S/C23H23F4N5O2S.ClH/c1-14-6-7-16(24)12-17(14)22-18(23(25,26)27)8-9-19(29-22)31-35(33,34)21-5-3-4-20(30-21)32-11-10-28-15(2)13-32;/h3-9,12,15,28H,10-11,13H2,1-2H3,(H,29,31);1H/t15-;/m1./s1. The highest BCUT2D eigenvalue weighted by atomic mass is 35.5. The molecule has 0 radical (unpaired) electrons. The van der Waals surface area contributed by atoms with Gasteiger partial charge in [-0.05, 0) is 55.8 Å². The number of hydrogen-bond acceptors (Lipinski definition) is 6. The van der Waals surface area contributed by atoms with Gasteiger partial charge in [-0.25, -0.2) is 14.4 Å². The lowest BCUT2D eigenvalue weighted by atomic mass is 10.0. The lowest BCUT2D eigenvalue weighted by molar-refractivity contribution is -0.137. The number of nitrogens with one attached hydrogen (secondary N) is 2. The Balaban J connectivity index is 0.00000361. The fraction of sp³-hybridized carbons (Fsp3) is 0.304. The third-order valence-electron chi connectivity index (χ3n) is 5.57. The van der Waals surface area contributed by atoms with Crippen LogP contribution in [0.4, 0.5) is 29.2 Å². The zero-order valence-electron chi connectivity index (χ0n) is 19.3. The predicted octanol–water partition coefficient (Wildman–Crippen LogP) is 4.63. The van der Waals surface area contributed by atoms with Crippen LogP contribution in [0.1, 0.15) is 18.1 Å². The Morgan fingerprint density at radius 3 is 2.56 bits per heavy atom. The molecular formula is C23H24ClF4N5O2S. The van der Waals surface area contributed by atoms with E-state index >= 15 is 0 Å². The van der Waals surface area contributed by atoms with Gasteiger partial charge in [0.1, 0.15) is 17.5 Å². The molecule has 1 aliphatic heterocycles. The van der Waals surface area contributed by atoms with Gasteiger partial charge < -0.3 is 10.2 Å². The normalized spacial score (nSPS) is 16.4. The molecule has 1 atom stereocenters. The minimum atomic E-state index is -4.78. The topological polar surface area (TPSA) is 87.2 Å². The van der Waals surface area contributed by atoms with Crippen molar-refractivity contribution in [1.29, 1.82) is 0 Å². The second-order valence-corrected chi connectivity index (χ2v) is 9.92. The highest BCUT2D eigenvalue weighted by Crippen LogP contribution is 2.38. The average molecular weight is 546 g/mol. The second kappa shape index (κ2) is 10.6. The molecule has 13 heteroatoms. The van der Waals surface area contributed by atoms with Gasteiger partial charge in [0, 0.05) is 31.2 Å². The van der Waals surface area contributed by atoms with Crippen molar-refractivity contribution in [2.45, 2.75) is 31.1 Å². The zero-order chi connectivity index (χ0) is 25.4. The Labute approximate surface area is 212 Å². The minimum absolute atomic E-state index is 0. The highest BCUT2D eigenvalue weighted by molar-refractivity contribution is 7.92. The van der Waals surface area contributed by atoms with Crippen LogP contribution in [0, 0.1) is 12.7 Å². The van der Waals surface area contributed by atoms with E-state index < -0.39 is 33.3 Å². The molecule has 0 amide bonds. The van der Waals surface area contributed by atoms with Crippen LogP contribution >= 0.6 is 12.4 Å². The molecule has 194 valence electrons. The van der Waals surface area contributed by atoms with E-state index in [1.165, 1.54) is 19.1 Å². The fourth-order valence-corrected chi connectivity index (χ4v) is 4.82. The highest BCUT2D eigenvalue weighted by Gasteiger charge is 2.35. The van der Waals surface area contributed by atoms with Crippen molar-refractivity contribution in [1.82, 2.24) is 15.3 Å². The van der Waals surface area contributed by atoms with Crippen LogP contribution in [0.2, 0.25) is 0 Å². The number of hydrogen-bond donors (Lipinski definition) is 2. The van der Waals surface area contributed by atoms with Crippen LogP contribution in [-0.4, -0.2) is 44.1 Å². The van der Waals surface area contributed by atoms with E-state index in [4.69, 9.17) is 0 Å². The number of halogens is 5. The largest absolute Gasteiger partial charge is 0.418 e. The maximum Gasteiger partial charge on any atom is 0.418 e. The van der Waals surface area contributed by atoms with Crippen molar-refractivity contribution >= 4 is 34.1 Å². The SMILES string of the molecule is Cc1ccc(F)cc1-c1nc(NS(=O)(=O)c2cccc(N3CCN[C@H](C)C3)n2)ccc1C(F)(F)F.Cl. The van der Waals surface area contributed by atoms with Gasteiger partial charge in [0.15, 0.2) is 5.03 Å². The maximum atomic E-state index is 13.8. The Bertz CT molecular complexity index is 1350. The van der Waals surface area contributed by atoms with E-state index in [1.54, 1.807) is 12.1 Å². The zero-order valence-corrected chi connectivity index (χ0v) is 20.9. The smallest absolute Gasteiger partial charge is 0.354 e. The summed E-state index contributed by atoms with van der Waals surface area (Å²) in [5.74, 6) is -0.618. The molecule has 0 bridgehead atoms. The van der Waals surface area contributed by atoms with Crippen molar-refractivity contribution in [3.63, 3.8) is 0 Å². The van der Waals surface area contributed by atoms with Gasteiger partial charge in [-0.1, -0.05) is 12.1 Å². The number of aromatic nitrogens is 2. The number of benzene rings is 1. The maximum absolute atomic E-state index is 13.8. The number of pyridine rings is 2. The minimum Gasteiger partial charge on any atom is -0.354 e. The van der Waals surface area contributed by atoms with Gasteiger partial charge in [0.05, 0.1) is 11.3 Å². The molecule has 1 saturated heterocycles. The van der Waals surface area contributed by atoms with Crippen molar-refractivity contribution in [2.75, 3.05) is 29.3 Å². The van der Waals surface area contributed by atoms with Gasteiger partial charge in [-0.3, -0.25) is 4.72 Å². The van der Waals surface area contributed by atoms with Crippen molar-refractivity contribution in [3.05, 3.63) is 65.5 Å². The number of aryl methyl sites for hydroxylation is 1.